The van der Waals surface area contributed by atoms with E-state index in [0.29, 0.717) is 13.0 Å². The minimum atomic E-state index is -0.238. The molecule has 0 radical (unpaired) electrons. The van der Waals surface area contributed by atoms with Crippen LogP contribution < -0.4 is 11.1 Å². The molecular formula is C21H25N5O2S. The number of nitrogens with one attached hydrogen (secondary N) is 1. The van der Waals surface area contributed by atoms with E-state index >= 15 is 0 Å². The van der Waals surface area contributed by atoms with Gasteiger partial charge in [-0.3, -0.25) is 9.79 Å². The monoisotopic (exact) mass is 411 g/mol. The van der Waals surface area contributed by atoms with Gasteiger partial charge in [0.2, 0.25) is 5.91 Å². The maximum Gasteiger partial charge on any atom is 0.217 e. The summed E-state index contributed by atoms with van der Waals surface area (Å²) in [6.07, 6.45) is 2.48. The lowest BCUT2D eigenvalue weighted by molar-refractivity contribution is -0.119. The van der Waals surface area contributed by atoms with Gasteiger partial charge in [0.05, 0.1) is 16.8 Å². The summed E-state index contributed by atoms with van der Waals surface area (Å²) in [5.41, 5.74) is 6.35. The summed E-state index contributed by atoms with van der Waals surface area (Å²) in [5, 5.41) is 4.25. The van der Waals surface area contributed by atoms with Crippen molar-refractivity contribution in [1.29, 1.82) is 0 Å². The van der Waals surface area contributed by atoms with E-state index in [-0.39, 0.29) is 11.8 Å². The number of carbonyl (C=O) groups is 1. The highest BCUT2D eigenvalue weighted by Gasteiger charge is 2.23. The van der Waals surface area contributed by atoms with Crippen LogP contribution in [0.2, 0.25) is 0 Å². The molecule has 1 aliphatic rings. The number of hydrogen-bond acceptors (Lipinski definition) is 5. The number of nitrogens with two attached hydrogens (primary N) is 1. The predicted octanol–water partition coefficient (Wildman–Crippen LogP) is 3.22. The zero-order chi connectivity index (χ0) is 20.2. The molecule has 0 spiro atoms. The van der Waals surface area contributed by atoms with Crippen LogP contribution in [0.25, 0.3) is 21.0 Å². The van der Waals surface area contributed by atoms with Crippen molar-refractivity contribution in [2.24, 2.45) is 16.6 Å². The maximum absolute atomic E-state index is 11.2. The number of guanidine groups is 1. The van der Waals surface area contributed by atoms with Crippen molar-refractivity contribution in [3.8, 4) is 10.8 Å². The predicted molar refractivity (Wildman–Crippen MR) is 116 cm³/mol. The normalized spacial score (nSPS) is 17.6. The van der Waals surface area contributed by atoms with Gasteiger partial charge < -0.3 is 20.4 Å². The molecular weight excluding hydrogens is 386 g/mol. The third-order valence-electron chi connectivity index (χ3n) is 5.11. The van der Waals surface area contributed by atoms with Gasteiger partial charge in [-0.15, -0.1) is 11.3 Å². The number of piperidine rings is 1. The van der Waals surface area contributed by atoms with Crippen LogP contribution in [0.1, 0.15) is 25.0 Å². The van der Waals surface area contributed by atoms with Crippen molar-refractivity contribution in [3.63, 3.8) is 0 Å². The molecule has 1 amide bonds. The van der Waals surface area contributed by atoms with E-state index < -0.39 is 0 Å². The molecule has 3 aromatic rings. The number of benzene rings is 1. The molecule has 29 heavy (non-hydrogen) atoms. The fourth-order valence-electron chi connectivity index (χ4n) is 3.77. The van der Waals surface area contributed by atoms with Gasteiger partial charge in [-0.05, 0) is 43.0 Å². The fraction of sp³-hybridized carbons (Fsp3) is 0.381. The van der Waals surface area contributed by atoms with Crippen molar-refractivity contribution in [2.75, 3.05) is 20.1 Å². The van der Waals surface area contributed by atoms with Crippen molar-refractivity contribution >= 4 is 33.4 Å². The molecule has 2 aromatic heterocycles. The average molecular weight is 412 g/mol. The Labute approximate surface area is 173 Å². The SMILES string of the molecule is CN=C(NCc1ccc(-c2nc3ccccc3s2)o1)N1CCCC(CC(N)=O)C1. The summed E-state index contributed by atoms with van der Waals surface area (Å²) in [5.74, 6) is 2.47. The number of likely N-dealkylation sites (tertiary alicyclic amines) is 1. The molecule has 1 saturated heterocycles. The smallest absolute Gasteiger partial charge is 0.217 e. The summed E-state index contributed by atoms with van der Waals surface area (Å²) < 4.78 is 7.15. The Hall–Kier alpha value is -2.87. The third-order valence-corrected chi connectivity index (χ3v) is 6.16. The number of fused-ring (bicyclic) bond motifs is 1. The zero-order valence-corrected chi connectivity index (χ0v) is 17.2. The van der Waals surface area contributed by atoms with E-state index in [2.05, 4.69) is 26.3 Å². The van der Waals surface area contributed by atoms with Gasteiger partial charge in [-0.2, -0.15) is 0 Å². The second-order valence-electron chi connectivity index (χ2n) is 7.28. The van der Waals surface area contributed by atoms with Gasteiger partial charge in [-0.25, -0.2) is 4.98 Å². The number of amides is 1. The lowest BCUT2D eigenvalue weighted by atomic mass is 9.95. The first-order chi connectivity index (χ1) is 14.1. The van der Waals surface area contributed by atoms with Crippen LogP contribution >= 0.6 is 11.3 Å². The highest BCUT2D eigenvalue weighted by molar-refractivity contribution is 7.21. The molecule has 152 valence electrons. The summed E-state index contributed by atoms with van der Waals surface area (Å²) in [6.45, 7) is 2.25. The number of primary amides is 1. The second-order valence-corrected chi connectivity index (χ2v) is 8.31. The van der Waals surface area contributed by atoms with Crippen LogP contribution in [0.3, 0.4) is 0 Å². The Kier molecular flexibility index (Phi) is 5.80. The molecule has 0 aliphatic carbocycles. The van der Waals surface area contributed by atoms with E-state index in [9.17, 15) is 4.79 Å². The maximum atomic E-state index is 11.2. The zero-order valence-electron chi connectivity index (χ0n) is 16.4. The number of aliphatic imine (C=N–C) groups is 1. The summed E-state index contributed by atoms with van der Waals surface area (Å²) >= 11 is 1.63. The molecule has 4 rings (SSSR count). The molecule has 3 heterocycles. The van der Waals surface area contributed by atoms with Gasteiger partial charge in [0.15, 0.2) is 16.7 Å². The van der Waals surface area contributed by atoms with Gasteiger partial charge in [0.25, 0.3) is 0 Å². The van der Waals surface area contributed by atoms with E-state index in [1.807, 2.05) is 30.3 Å². The average Bonchev–Trinajstić information content (AvgIpc) is 3.35. The first kappa shape index (κ1) is 19.4. The summed E-state index contributed by atoms with van der Waals surface area (Å²) in [6, 6.07) is 12.0. The Morgan fingerprint density at radius 1 is 1.38 bits per heavy atom. The molecule has 1 unspecified atom stereocenters. The van der Waals surface area contributed by atoms with Crippen molar-refractivity contribution in [2.45, 2.75) is 25.8 Å². The molecule has 8 heteroatoms. The first-order valence-corrected chi connectivity index (χ1v) is 10.6. The molecule has 1 fully saturated rings. The van der Waals surface area contributed by atoms with E-state index in [0.717, 1.165) is 58.6 Å². The second kappa shape index (κ2) is 8.65. The molecule has 7 nitrogen and oxygen atoms in total. The van der Waals surface area contributed by atoms with Crippen molar-refractivity contribution < 1.29 is 9.21 Å². The Bertz CT molecular complexity index is 992. The number of hydrogen-bond donors (Lipinski definition) is 2. The van der Waals surface area contributed by atoms with Crippen molar-refractivity contribution in [3.05, 3.63) is 42.2 Å². The number of furan rings is 1. The topological polar surface area (TPSA) is 96.8 Å². The van der Waals surface area contributed by atoms with Gasteiger partial charge in [0.1, 0.15) is 5.76 Å². The number of thiazole rings is 1. The van der Waals surface area contributed by atoms with Gasteiger partial charge >= 0.3 is 0 Å². The summed E-state index contributed by atoms with van der Waals surface area (Å²) in [4.78, 5) is 22.5. The van der Waals surface area contributed by atoms with Crippen LogP contribution in [0.15, 0.2) is 45.8 Å². The molecule has 3 N–H and O–H groups in total. The van der Waals surface area contributed by atoms with Crippen LogP contribution in [0.4, 0.5) is 0 Å². The highest BCUT2D eigenvalue weighted by atomic mass is 32.1. The minimum Gasteiger partial charge on any atom is -0.457 e. The number of carbonyl (C=O) groups excluding carboxylic acids is 1. The lowest BCUT2D eigenvalue weighted by Crippen LogP contribution is -2.46. The van der Waals surface area contributed by atoms with Crippen LogP contribution in [0.5, 0.6) is 0 Å². The molecule has 1 aliphatic heterocycles. The molecule has 1 atom stereocenters. The lowest BCUT2D eigenvalue weighted by Gasteiger charge is -2.34. The van der Waals surface area contributed by atoms with E-state index in [1.54, 1.807) is 18.4 Å². The van der Waals surface area contributed by atoms with Gasteiger partial charge in [-0.1, -0.05) is 12.1 Å². The fourth-order valence-corrected chi connectivity index (χ4v) is 4.70. The minimum absolute atomic E-state index is 0.238. The standard InChI is InChI=1S/C21H25N5O2S/c1-23-21(26-10-4-5-14(13-26)11-19(22)27)24-12-15-8-9-17(28-15)20-25-16-6-2-3-7-18(16)29-20/h2-3,6-9,14H,4-5,10-13H2,1H3,(H2,22,27)(H,23,24). The first-order valence-electron chi connectivity index (χ1n) is 9.81. The Balaban J connectivity index is 1.39. The molecule has 0 saturated carbocycles. The number of nitrogens with zero attached hydrogens (tertiary/aromatic N) is 3. The summed E-state index contributed by atoms with van der Waals surface area (Å²) in [7, 11) is 1.77. The van der Waals surface area contributed by atoms with E-state index in [1.165, 1.54) is 0 Å². The van der Waals surface area contributed by atoms with Crippen LogP contribution in [-0.4, -0.2) is 41.9 Å². The van der Waals surface area contributed by atoms with Crippen LogP contribution in [-0.2, 0) is 11.3 Å². The van der Waals surface area contributed by atoms with Crippen LogP contribution in [0, 0.1) is 5.92 Å². The molecule has 0 bridgehead atoms. The van der Waals surface area contributed by atoms with Gasteiger partial charge in [0, 0.05) is 26.6 Å². The third kappa shape index (κ3) is 4.59. The highest BCUT2D eigenvalue weighted by Crippen LogP contribution is 2.31. The number of para-hydroxylation sites is 1. The Morgan fingerprint density at radius 3 is 3.03 bits per heavy atom. The number of aromatic nitrogens is 1. The largest absolute Gasteiger partial charge is 0.457 e. The van der Waals surface area contributed by atoms with E-state index in [4.69, 9.17) is 10.2 Å². The van der Waals surface area contributed by atoms with Crippen molar-refractivity contribution in [1.82, 2.24) is 15.2 Å². The number of rotatable bonds is 5. The quantitative estimate of drug-likeness (QED) is 0.496. The Morgan fingerprint density at radius 2 is 2.24 bits per heavy atom. The molecule has 1 aromatic carbocycles.